The zero-order valence-electron chi connectivity index (χ0n) is 15.4. The van der Waals surface area contributed by atoms with E-state index in [0.29, 0.717) is 17.0 Å². The standard InChI is InChI=1S/C20H20FN5O2/c1-3-4-15(16(21)8-22)19-18(13-7-14(28-2)10-23-9-13)25-17(11-24-19)26-20(27)12-5-6-12/h3-4,7-12H,1,5-6,22H2,2H3,(H,25,26,27)/b15-4+,16-8+. The molecule has 7 nitrogen and oxygen atoms in total. The van der Waals surface area contributed by atoms with Gasteiger partial charge in [-0.3, -0.25) is 9.78 Å². The minimum Gasteiger partial charge on any atom is -0.495 e. The molecule has 0 radical (unpaired) electrons. The van der Waals surface area contributed by atoms with Crippen LogP contribution in [0.4, 0.5) is 10.2 Å². The van der Waals surface area contributed by atoms with Crippen LogP contribution in [0.3, 0.4) is 0 Å². The van der Waals surface area contributed by atoms with Gasteiger partial charge in [0.15, 0.2) is 5.82 Å². The second-order valence-electron chi connectivity index (χ2n) is 6.16. The van der Waals surface area contributed by atoms with Crippen LogP contribution >= 0.6 is 0 Å². The molecule has 2 heterocycles. The number of allylic oxidation sites excluding steroid dienone is 4. The van der Waals surface area contributed by atoms with E-state index in [1.807, 2.05) is 0 Å². The lowest BCUT2D eigenvalue weighted by molar-refractivity contribution is -0.117. The van der Waals surface area contributed by atoms with E-state index in [-0.39, 0.29) is 28.9 Å². The Balaban J connectivity index is 2.13. The monoisotopic (exact) mass is 381 g/mol. The summed E-state index contributed by atoms with van der Waals surface area (Å²) in [5, 5.41) is 2.75. The van der Waals surface area contributed by atoms with E-state index in [0.717, 1.165) is 19.0 Å². The fraction of sp³-hybridized carbons (Fsp3) is 0.200. The highest BCUT2D eigenvalue weighted by atomic mass is 19.1. The predicted octanol–water partition coefficient (Wildman–Crippen LogP) is 3.23. The summed E-state index contributed by atoms with van der Waals surface area (Å²) < 4.78 is 19.6. The minimum absolute atomic E-state index is 0.0113. The van der Waals surface area contributed by atoms with Crippen LogP contribution in [0.2, 0.25) is 0 Å². The Hall–Kier alpha value is -3.55. The maximum atomic E-state index is 14.4. The highest BCUT2D eigenvalue weighted by Gasteiger charge is 2.30. The van der Waals surface area contributed by atoms with Crippen LogP contribution in [0, 0.1) is 5.92 Å². The number of aromatic nitrogens is 3. The molecule has 1 aliphatic rings. The van der Waals surface area contributed by atoms with Crippen molar-refractivity contribution in [3.63, 3.8) is 0 Å². The first kappa shape index (κ1) is 19.2. The maximum absolute atomic E-state index is 14.4. The topological polar surface area (TPSA) is 103 Å². The summed E-state index contributed by atoms with van der Waals surface area (Å²) in [5.41, 5.74) is 6.58. The third-order valence-electron chi connectivity index (χ3n) is 4.14. The van der Waals surface area contributed by atoms with Gasteiger partial charge in [-0.1, -0.05) is 18.7 Å². The molecule has 144 valence electrons. The van der Waals surface area contributed by atoms with Crippen molar-refractivity contribution in [2.45, 2.75) is 12.8 Å². The largest absolute Gasteiger partial charge is 0.495 e. The minimum atomic E-state index is -0.680. The molecule has 0 spiro atoms. The Morgan fingerprint density at radius 2 is 2.18 bits per heavy atom. The molecule has 3 rings (SSSR count). The van der Waals surface area contributed by atoms with Gasteiger partial charge in [0, 0.05) is 29.5 Å². The first-order chi connectivity index (χ1) is 13.6. The zero-order valence-corrected chi connectivity index (χ0v) is 15.4. The van der Waals surface area contributed by atoms with Crippen molar-refractivity contribution in [1.29, 1.82) is 0 Å². The summed E-state index contributed by atoms with van der Waals surface area (Å²) in [6.07, 6.45) is 9.92. The van der Waals surface area contributed by atoms with Crippen molar-refractivity contribution in [2.75, 3.05) is 12.4 Å². The molecule has 8 heteroatoms. The molecule has 0 bridgehead atoms. The van der Waals surface area contributed by atoms with Gasteiger partial charge in [-0.2, -0.15) is 0 Å². The van der Waals surface area contributed by atoms with Crippen LogP contribution in [-0.4, -0.2) is 28.0 Å². The quantitative estimate of drug-likeness (QED) is 0.714. The lowest BCUT2D eigenvalue weighted by Crippen LogP contribution is -2.15. The summed E-state index contributed by atoms with van der Waals surface area (Å²) in [7, 11) is 1.51. The number of nitrogens with two attached hydrogens (primary N) is 1. The number of halogens is 1. The lowest BCUT2D eigenvalue weighted by atomic mass is 10.0. The number of rotatable bonds is 7. The molecule has 0 saturated heterocycles. The molecule has 0 aliphatic heterocycles. The highest BCUT2D eigenvalue weighted by molar-refractivity contribution is 5.94. The van der Waals surface area contributed by atoms with Gasteiger partial charge in [0.1, 0.15) is 17.3 Å². The Labute approximate surface area is 161 Å². The van der Waals surface area contributed by atoms with E-state index >= 15 is 0 Å². The molecule has 1 amide bonds. The molecule has 2 aromatic rings. The third kappa shape index (κ3) is 4.22. The number of hydrogen-bond donors (Lipinski definition) is 2. The number of nitrogens with one attached hydrogen (secondary N) is 1. The van der Waals surface area contributed by atoms with Gasteiger partial charge in [0.05, 0.1) is 25.2 Å². The average Bonchev–Trinajstić information content (AvgIpc) is 3.57. The highest BCUT2D eigenvalue weighted by Crippen LogP contribution is 2.33. The fourth-order valence-electron chi connectivity index (χ4n) is 2.56. The average molecular weight is 381 g/mol. The van der Waals surface area contributed by atoms with Crippen molar-refractivity contribution in [3.8, 4) is 17.0 Å². The van der Waals surface area contributed by atoms with E-state index in [1.165, 1.54) is 31.7 Å². The first-order valence-electron chi connectivity index (χ1n) is 8.65. The molecule has 3 N–H and O–H groups in total. The van der Waals surface area contributed by atoms with Crippen LogP contribution in [-0.2, 0) is 4.79 Å². The van der Waals surface area contributed by atoms with Crippen LogP contribution < -0.4 is 15.8 Å². The number of anilines is 1. The van der Waals surface area contributed by atoms with Crippen LogP contribution in [0.5, 0.6) is 5.75 Å². The van der Waals surface area contributed by atoms with Gasteiger partial charge in [-0.05, 0) is 18.9 Å². The Morgan fingerprint density at radius 3 is 2.82 bits per heavy atom. The Bertz CT molecular complexity index is 967. The van der Waals surface area contributed by atoms with Crippen LogP contribution in [0.15, 0.2) is 55.4 Å². The molecular formula is C20H20FN5O2. The zero-order chi connectivity index (χ0) is 20.1. The number of pyridine rings is 1. The molecule has 0 atom stereocenters. The number of hydrogen-bond acceptors (Lipinski definition) is 6. The van der Waals surface area contributed by atoms with E-state index in [1.54, 1.807) is 12.3 Å². The smallest absolute Gasteiger partial charge is 0.228 e. The summed E-state index contributed by atoms with van der Waals surface area (Å²) in [5.74, 6) is 0.000278. The van der Waals surface area contributed by atoms with Crippen molar-refractivity contribution >= 4 is 17.3 Å². The van der Waals surface area contributed by atoms with E-state index in [9.17, 15) is 9.18 Å². The fourth-order valence-corrected chi connectivity index (χ4v) is 2.56. The third-order valence-corrected chi connectivity index (χ3v) is 4.14. The van der Waals surface area contributed by atoms with Gasteiger partial charge >= 0.3 is 0 Å². The van der Waals surface area contributed by atoms with Gasteiger partial charge < -0.3 is 15.8 Å². The number of amides is 1. The number of methoxy groups -OCH3 is 1. The number of carbonyl (C=O) groups is 1. The normalized spacial score (nSPS) is 14.5. The molecule has 0 aromatic carbocycles. The van der Waals surface area contributed by atoms with Crippen molar-refractivity contribution in [3.05, 3.63) is 61.1 Å². The molecule has 1 aliphatic carbocycles. The lowest BCUT2D eigenvalue weighted by Gasteiger charge is -2.13. The van der Waals surface area contributed by atoms with Gasteiger partial charge in [-0.25, -0.2) is 14.4 Å². The van der Waals surface area contributed by atoms with E-state index in [2.05, 4.69) is 26.8 Å². The van der Waals surface area contributed by atoms with Gasteiger partial charge in [0.2, 0.25) is 5.91 Å². The molecule has 28 heavy (non-hydrogen) atoms. The number of ether oxygens (including phenoxy) is 1. The second-order valence-corrected chi connectivity index (χ2v) is 6.16. The van der Waals surface area contributed by atoms with Gasteiger partial charge in [0.25, 0.3) is 0 Å². The van der Waals surface area contributed by atoms with Gasteiger partial charge in [-0.15, -0.1) is 0 Å². The SMILES string of the molecule is C=C/C=C(\C(F)=C/N)c1ncc(NC(=O)C2CC2)nc1-c1cncc(OC)c1. The first-order valence-corrected chi connectivity index (χ1v) is 8.65. The molecular weight excluding hydrogens is 361 g/mol. The van der Waals surface area contributed by atoms with Crippen LogP contribution in [0.1, 0.15) is 18.5 Å². The van der Waals surface area contributed by atoms with Crippen molar-refractivity contribution in [1.82, 2.24) is 15.0 Å². The molecule has 1 fully saturated rings. The summed E-state index contributed by atoms with van der Waals surface area (Å²) in [6.45, 7) is 3.61. The predicted molar refractivity (Wildman–Crippen MR) is 105 cm³/mol. The number of nitrogens with zero attached hydrogens (tertiary/aromatic N) is 3. The maximum Gasteiger partial charge on any atom is 0.228 e. The molecule has 2 aromatic heterocycles. The summed E-state index contributed by atoms with van der Waals surface area (Å²) in [4.78, 5) is 25.0. The van der Waals surface area contributed by atoms with Crippen molar-refractivity contribution in [2.24, 2.45) is 11.7 Å². The van der Waals surface area contributed by atoms with E-state index in [4.69, 9.17) is 10.5 Å². The molecule has 0 unspecified atom stereocenters. The van der Waals surface area contributed by atoms with Crippen LogP contribution in [0.25, 0.3) is 16.8 Å². The second kappa shape index (κ2) is 8.43. The van der Waals surface area contributed by atoms with E-state index < -0.39 is 5.83 Å². The Kier molecular flexibility index (Phi) is 5.78. The summed E-state index contributed by atoms with van der Waals surface area (Å²) >= 11 is 0. The molecule has 1 saturated carbocycles. The van der Waals surface area contributed by atoms with Crippen molar-refractivity contribution < 1.29 is 13.9 Å². The number of carbonyl (C=O) groups excluding carboxylic acids is 1. The summed E-state index contributed by atoms with van der Waals surface area (Å²) in [6, 6.07) is 1.70. The Morgan fingerprint density at radius 1 is 1.39 bits per heavy atom.